The lowest BCUT2D eigenvalue weighted by Gasteiger charge is -2.06. The summed E-state index contributed by atoms with van der Waals surface area (Å²) in [6, 6.07) is 13.8. The van der Waals surface area contributed by atoms with E-state index in [0.29, 0.717) is 13.0 Å². The molecule has 2 aromatic rings. The van der Waals surface area contributed by atoms with Gasteiger partial charge in [0.05, 0.1) is 4.90 Å². The molecule has 2 rings (SSSR count). The number of rotatable bonds is 5. The van der Waals surface area contributed by atoms with E-state index in [1.807, 2.05) is 18.2 Å². The zero-order chi connectivity index (χ0) is 13.7. The van der Waals surface area contributed by atoms with Crippen LogP contribution >= 0.6 is 0 Å². The molecule has 0 fully saturated rings. The summed E-state index contributed by atoms with van der Waals surface area (Å²) in [6.07, 6.45) is 0.617. The monoisotopic (exact) mass is 277 g/mol. The first-order chi connectivity index (χ1) is 9.16. The van der Waals surface area contributed by atoms with Crippen molar-refractivity contribution in [2.24, 2.45) is 0 Å². The van der Waals surface area contributed by atoms with Crippen LogP contribution in [0.1, 0.15) is 5.56 Å². The molecule has 0 radical (unpaired) electrons. The standard InChI is InChI=1S/C14H15NO3S/c16-13-7-6-11(10-14(13)17)8-9-15-19(18)12-4-2-1-3-5-12/h1-7,10,15-17H,8-9H2. The fourth-order valence-corrected chi connectivity index (χ4v) is 2.50. The van der Waals surface area contributed by atoms with Crippen LogP contribution in [0.2, 0.25) is 0 Å². The summed E-state index contributed by atoms with van der Waals surface area (Å²) in [5.41, 5.74) is 0.868. The maximum absolute atomic E-state index is 11.9. The van der Waals surface area contributed by atoms with Gasteiger partial charge in [0.15, 0.2) is 11.5 Å². The van der Waals surface area contributed by atoms with E-state index in [0.717, 1.165) is 10.5 Å². The molecule has 0 aliphatic heterocycles. The lowest BCUT2D eigenvalue weighted by Crippen LogP contribution is -2.20. The minimum atomic E-state index is -1.23. The van der Waals surface area contributed by atoms with Crippen LogP contribution in [-0.4, -0.2) is 21.0 Å². The van der Waals surface area contributed by atoms with Crippen molar-refractivity contribution in [3.8, 4) is 11.5 Å². The molecule has 4 nitrogen and oxygen atoms in total. The van der Waals surface area contributed by atoms with Crippen LogP contribution < -0.4 is 4.72 Å². The van der Waals surface area contributed by atoms with Crippen LogP contribution in [0, 0.1) is 0 Å². The van der Waals surface area contributed by atoms with E-state index in [-0.39, 0.29) is 11.5 Å². The summed E-state index contributed by atoms with van der Waals surface area (Å²) in [7, 11) is -1.23. The van der Waals surface area contributed by atoms with Crippen LogP contribution in [0.5, 0.6) is 11.5 Å². The van der Waals surface area contributed by atoms with Gasteiger partial charge in [0.2, 0.25) is 0 Å². The highest BCUT2D eigenvalue weighted by molar-refractivity contribution is 7.83. The molecule has 0 aliphatic carbocycles. The molecule has 0 heterocycles. The zero-order valence-corrected chi connectivity index (χ0v) is 11.1. The third kappa shape index (κ3) is 3.81. The van der Waals surface area contributed by atoms with Gasteiger partial charge in [0.25, 0.3) is 0 Å². The van der Waals surface area contributed by atoms with E-state index in [4.69, 9.17) is 0 Å². The van der Waals surface area contributed by atoms with Gasteiger partial charge in [-0.2, -0.15) is 0 Å². The van der Waals surface area contributed by atoms with Gasteiger partial charge in [-0.05, 0) is 36.2 Å². The average Bonchev–Trinajstić information content (AvgIpc) is 2.43. The smallest absolute Gasteiger partial charge is 0.157 e. The highest BCUT2D eigenvalue weighted by Crippen LogP contribution is 2.24. The Kier molecular flexibility index (Phi) is 4.54. The summed E-state index contributed by atoms with van der Waals surface area (Å²) < 4.78 is 14.8. The highest BCUT2D eigenvalue weighted by Gasteiger charge is 2.03. The van der Waals surface area contributed by atoms with Crippen molar-refractivity contribution in [1.82, 2.24) is 4.72 Å². The van der Waals surface area contributed by atoms with Gasteiger partial charge in [-0.15, -0.1) is 0 Å². The number of hydrogen-bond donors (Lipinski definition) is 3. The Morgan fingerprint density at radius 1 is 1.00 bits per heavy atom. The lowest BCUT2D eigenvalue weighted by molar-refractivity contribution is 0.403. The minimum absolute atomic E-state index is 0.135. The van der Waals surface area contributed by atoms with Crippen molar-refractivity contribution in [2.45, 2.75) is 11.3 Å². The number of phenolic OH excluding ortho intramolecular Hbond substituents is 2. The second-order valence-corrected chi connectivity index (χ2v) is 5.35. The van der Waals surface area contributed by atoms with Crippen LogP contribution in [0.4, 0.5) is 0 Å². The van der Waals surface area contributed by atoms with Crippen LogP contribution in [0.3, 0.4) is 0 Å². The summed E-state index contributed by atoms with van der Waals surface area (Å²) in [4.78, 5) is 0.732. The molecule has 0 spiro atoms. The molecule has 0 aromatic heterocycles. The van der Waals surface area contributed by atoms with Gasteiger partial charge >= 0.3 is 0 Å². The SMILES string of the molecule is O=S(NCCc1ccc(O)c(O)c1)c1ccccc1. The van der Waals surface area contributed by atoms with Gasteiger partial charge in [-0.25, -0.2) is 8.93 Å². The van der Waals surface area contributed by atoms with Gasteiger partial charge in [0.1, 0.15) is 11.0 Å². The van der Waals surface area contributed by atoms with Crippen molar-refractivity contribution in [1.29, 1.82) is 0 Å². The Bertz CT molecular complexity index is 572. The highest BCUT2D eigenvalue weighted by atomic mass is 32.2. The predicted molar refractivity (Wildman–Crippen MR) is 74.3 cm³/mol. The molecule has 100 valence electrons. The molecule has 1 unspecified atom stereocenters. The predicted octanol–water partition coefficient (Wildman–Crippen LogP) is 1.95. The van der Waals surface area contributed by atoms with Crippen LogP contribution in [-0.2, 0) is 17.4 Å². The Labute approximate surface area is 114 Å². The van der Waals surface area contributed by atoms with E-state index in [1.165, 1.54) is 12.1 Å². The Morgan fingerprint density at radius 2 is 1.74 bits per heavy atom. The maximum atomic E-state index is 11.9. The van der Waals surface area contributed by atoms with Crippen molar-refractivity contribution in [2.75, 3.05) is 6.54 Å². The third-order valence-corrected chi connectivity index (χ3v) is 3.81. The van der Waals surface area contributed by atoms with Crippen molar-refractivity contribution in [3.05, 3.63) is 54.1 Å². The zero-order valence-electron chi connectivity index (χ0n) is 10.2. The largest absolute Gasteiger partial charge is 0.504 e. The number of benzene rings is 2. The first-order valence-electron chi connectivity index (χ1n) is 5.88. The molecule has 1 atom stereocenters. The topological polar surface area (TPSA) is 69.6 Å². The fraction of sp³-hybridized carbons (Fsp3) is 0.143. The first-order valence-corrected chi connectivity index (χ1v) is 7.03. The third-order valence-electron chi connectivity index (χ3n) is 2.64. The Hall–Kier alpha value is -1.85. The van der Waals surface area contributed by atoms with E-state index < -0.39 is 11.0 Å². The normalized spacial score (nSPS) is 12.2. The summed E-state index contributed by atoms with van der Waals surface area (Å²) in [6.45, 7) is 0.520. The van der Waals surface area contributed by atoms with Gasteiger partial charge in [0, 0.05) is 6.54 Å². The first kappa shape index (κ1) is 13.6. The van der Waals surface area contributed by atoms with E-state index in [9.17, 15) is 14.4 Å². The van der Waals surface area contributed by atoms with Crippen molar-refractivity contribution < 1.29 is 14.4 Å². The average molecular weight is 277 g/mol. The second kappa shape index (κ2) is 6.36. The number of hydrogen-bond acceptors (Lipinski definition) is 3. The Morgan fingerprint density at radius 3 is 2.42 bits per heavy atom. The summed E-state index contributed by atoms with van der Waals surface area (Å²) in [5.74, 6) is -0.272. The number of nitrogens with one attached hydrogen (secondary N) is 1. The van der Waals surface area contributed by atoms with E-state index in [2.05, 4.69) is 4.72 Å². The lowest BCUT2D eigenvalue weighted by atomic mass is 10.1. The second-order valence-electron chi connectivity index (χ2n) is 4.05. The van der Waals surface area contributed by atoms with E-state index in [1.54, 1.807) is 18.2 Å². The van der Waals surface area contributed by atoms with Crippen molar-refractivity contribution in [3.63, 3.8) is 0 Å². The molecule has 3 N–H and O–H groups in total. The van der Waals surface area contributed by atoms with Crippen LogP contribution in [0.25, 0.3) is 0 Å². The summed E-state index contributed by atoms with van der Waals surface area (Å²) >= 11 is 0. The van der Waals surface area contributed by atoms with Gasteiger partial charge in [-0.1, -0.05) is 24.3 Å². The summed E-state index contributed by atoms with van der Waals surface area (Å²) in [5, 5.41) is 18.5. The minimum Gasteiger partial charge on any atom is -0.504 e. The molecule has 2 aromatic carbocycles. The molecule has 19 heavy (non-hydrogen) atoms. The number of aromatic hydroxyl groups is 2. The molecule has 0 aliphatic rings. The van der Waals surface area contributed by atoms with E-state index >= 15 is 0 Å². The molecule has 0 amide bonds. The molecular weight excluding hydrogens is 262 g/mol. The van der Waals surface area contributed by atoms with Gasteiger partial charge < -0.3 is 10.2 Å². The van der Waals surface area contributed by atoms with Crippen molar-refractivity contribution >= 4 is 11.0 Å². The molecule has 0 bridgehead atoms. The molecule has 0 saturated carbocycles. The molecule has 0 saturated heterocycles. The van der Waals surface area contributed by atoms with Gasteiger partial charge in [-0.3, -0.25) is 0 Å². The fourth-order valence-electron chi connectivity index (χ4n) is 1.64. The molecule has 5 heteroatoms. The molecular formula is C14H15NO3S. The van der Waals surface area contributed by atoms with Crippen LogP contribution in [0.15, 0.2) is 53.4 Å². The quantitative estimate of drug-likeness (QED) is 0.732. The Balaban J connectivity index is 1.87. The maximum Gasteiger partial charge on any atom is 0.157 e. The number of phenols is 2.